The van der Waals surface area contributed by atoms with Gasteiger partial charge in [0.15, 0.2) is 0 Å². The van der Waals surface area contributed by atoms with E-state index in [0.29, 0.717) is 23.6 Å². The number of nitrogens with zero attached hydrogens (tertiary/aromatic N) is 2. The monoisotopic (exact) mass is 271 g/mol. The van der Waals surface area contributed by atoms with Gasteiger partial charge in [0.1, 0.15) is 0 Å². The molecule has 0 bridgehead atoms. The molecule has 0 amide bonds. The van der Waals surface area contributed by atoms with Crippen LogP contribution in [0.15, 0.2) is 30.3 Å². The quantitative estimate of drug-likeness (QED) is 0.904. The Morgan fingerprint density at radius 2 is 1.85 bits per heavy atom. The number of benzene rings is 1. The van der Waals surface area contributed by atoms with Gasteiger partial charge in [0, 0.05) is 12.5 Å². The SMILES string of the molecule is COc1cc(OC)nc(NCC2Cc3ccccc32)n1. The molecule has 0 saturated heterocycles. The minimum atomic E-state index is 0.494. The van der Waals surface area contributed by atoms with Crippen LogP contribution in [-0.4, -0.2) is 30.7 Å². The molecule has 1 N–H and O–H groups in total. The number of methoxy groups -OCH3 is 2. The fraction of sp³-hybridized carbons (Fsp3) is 0.333. The molecule has 5 nitrogen and oxygen atoms in total. The maximum Gasteiger partial charge on any atom is 0.229 e. The Morgan fingerprint density at radius 1 is 1.15 bits per heavy atom. The molecule has 0 spiro atoms. The minimum Gasteiger partial charge on any atom is -0.481 e. The van der Waals surface area contributed by atoms with Crippen LogP contribution >= 0.6 is 0 Å². The lowest BCUT2D eigenvalue weighted by Crippen LogP contribution is -2.24. The van der Waals surface area contributed by atoms with E-state index in [9.17, 15) is 0 Å². The molecule has 0 saturated carbocycles. The van der Waals surface area contributed by atoms with E-state index in [1.165, 1.54) is 11.1 Å². The summed E-state index contributed by atoms with van der Waals surface area (Å²) in [4.78, 5) is 8.52. The van der Waals surface area contributed by atoms with Crippen LogP contribution in [0.3, 0.4) is 0 Å². The molecule has 0 radical (unpaired) electrons. The zero-order chi connectivity index (χ0) is 13.9. The summed E-state index contributed by atoms with van der Waals surface area (Å²) in [5.41, 5.74) is 2.85. The van der Waals surface area contributed by atoms with E-state index in [2.05, 4.69) is 39.6 Å². The molecule has 2 aromatic rings. The van der Waals surface area contributed by atoms with Crippen molar-refractivity contribution in [1.82, 2.24) is 9.97 Å². The highest BCUT2D eigenvalue weighted by Crippen LogP contribution is 2.34. The number of aromatic nitrogens is 2. The fourth-order valence-corrected chi connectivity index (χ4v) is 2.45. The van der Waals surface area contributed by atoms with E-state index in [1.807, 2.05) is 0 Å². The van der Waals surface area contributed by atoms with E-state index in [-0.39, 0.29) is 0 Å². The predicted molar refractivity (Wildman–Crippen MR) is 76.5 cm³/mol. The molecule has 0 aliphatic heterocycles. The first kappa shape index (κ1) is 12.7. The second-order valence-electron chi connectivity index (χ2n) is 4.76. The minimum absolute atomic E-state index is 0.494. The van der Waals surface area contributed by atoms with Crippen molar-refractivity contribution in [3.05, 3.63) is 41.5 Å². The first-order valence-electron chi connectivity index (χ1n) is 6.59. The van der Waals surface area contributed by atoms with Gasteiger partial charge in [0.05, 0.1) is 20.3 Å². The van der Waals surface area contributed by atoms with Crippen LogP contribution in [0.4, 0.5) is 5.95 Å². The van der Waals surface area contributed by atoms with E-state index in [1.54, 1.807) is 20.3 Å². The molecule has 1 heterocycles. The predicted octanol–water partition coefficient (Wildman–Crippen LogP) is 2.25. The van der Waals surface area contributed by atoms with E-state index in [4.69, 9.17) is 9.47 Å². The molecule has 1 unspecified atom stereocenters. The normalized spacial score (nSPS) is 16.0. The van der Waals surface area contributed by atoms with E-state index in [0.717, 1.165) is 13.0 Å². The van der Waals surface area contributed by atoms with E-state index < -0.39 is 0 Å². The summed E-state index contributed by atoms with van der Waals surface area (Å²) in [6.45, 7) is 0.813. The molecule has 1 atom stereocenters. The van der Waals surface area contributed by atoms with Crippen molar-refractivity contribution >= 4 is 5.95 Å². The van der Waals surface area contributed by atoms with Gasteiger partial charge in [-0.25, -0.2) is 0 Å². The summed E-state index contributed by atoms with van der Waals surface area (Å²) >= 11 is 0. The van der Waals surface area contributed by atoms with Crippen molar-refractivity contribution in [1.29, 1.82) is 0 Å². The zero-order valence-corrected chi connectivity index (χ0v) is 11.6. The summed E-state index contributed by atoms with van der Waals surface area (Å²) in [7, 11) is 3.15. The van der Waals surface area contributed by atoms with Gasteiger partial charge in [-0.15, -0.1) is 0 Å². The van der Waals surface area contributed by atoms with Gasteiger partial charge in [-0.1, -0.05) is 24.3 Å². The molecule has 1 aromatic carbocycles. The largest absolute Gasteiger partial charge is 0.481 e. The van der Waals surface area contributed by atoms with Crippen molar-refractivity contribution in [3.63, 3.8) is 0 Å². The Kier molecular flexibility index (Phi) is 3.41. The number of hydrogen-bond donors (Lipinski definition) is 1. The number of nitrogens with one attached hydrogen (secondary N) is 1. The molecule has 1 aliphatic carbocycles. The number of hydrogen-bond acceptors (Lipinski definition) is 5. The van der Waals surface area contributed by atoms with Gasteiger partial charge in [0.2, 0.25) is 17.7 Å². The third-order valence-corrected chi connectivity index (χ3v) is 3.57. The molecule has 104 valence electrons. The fourth-order valence-electron chi connectivity index (χ4n) is 2.45. The van der Waals surface area contributed by atoms with Gasteiger partial charge in [-0.05, 0) is 17.5 Å². The molecule has 0 fully saturated rings. The Morgan fingerprint density at radius 3 is 2.50 bits per heavy atom. The average molecular weight is 271 g/mol. The van der Waals surface area contributed by atoms with Crippen LogP contribution < -0.4 is 14.8 Å². The second kappa shape index (κ2) is 5.36. The van der Waals surface area contributed by atoms with Crippen molar-refractivity contribution < 1.29 is 9.47 Å². The third kappa shape index (κ3) is 2.39. The lowest BCUT2D eigenvalue weighted by molar-refractivity contribution is 0.372. The maximum absolute atomic E-state index is 5.13. The molecule has 3 rings (SSSR count). The number of rotatable bonds is 5. The van der Waals surface area contributed by atoms with Crippen LogP contribution in [0.1, 0.15) is 17.0 Å². The van der Waals surface area contributed by atoms with Gasteiger partial charge in [0.25, 0.3) is 0 Å². The smallest absolute Gasteiger partial charge is 0.229 e. The Hall–Kier alpha value is -2.30. The molecular formula is C15H17N3O2. The van der Waals surface area contributed by atoms with Crippen molar-refractivity contribution in [3.8, 4) is 11.8 Å². The molecule has 5 heteroatoms. The maximum atomic E-state index is 5.13. The Bertz CT molecular complexity index is 594. The van der Waals surface area contributed by atoms with Crippen molar-refractivity contribution in [2.24, 2.45) is 0 Å². The second-order valence-corrected chi connectivity index (χ2v) is 4.76. The molecular weight excluding hydrogens is 254 g/mol. The van der Waals surface area contributed by atoms with Gasteiger partial charge < -0.3 is 14.8 Å². The van der Waals surface area contributed by atoms with Crippen LogP contribution in [-0.2, 0) is 6.42 Å². The summed E-state index contributed by atoms with van der Waals surface area (Å²) in [5, 5.41) is 3.25. The Balaban J connectivity index is 1.67. The first-order valence-corrected chi connectivity index (χ1v) is 6.59. The van der Waals surface area contributed by atoms with Crippen LogP contribution in [0.2, 0.25) is 0 Å². The molecule has 20 heavy (non-hydrogen) atoms. The van der Waals surface area contributed by atoms with Gasteiger partial charge in [-0.2, -0.15) is 9.97 Å². The number of ether oxygens (including phenoxy) is 2. The first-order chi connectivity index (χ1) is 9.80. The molecule has 1 aromatic heterocycles. The number of fused-ring (bicyclic) bond motifs is 1. The number of anilines is 1. The lowest BCUT2D eigenvalue weighted by atomic mass is 9.78. The van der Waals surface area contributed by atoms with Crippen LogP contribution in [0.25, 0.3) is 0 Å². The van der Waals surface area contributed by atoms with Crippen molar-refractivity contribution in [2.45, 2.75) is 12.3 Å². The van der Waals surface area contributed by atoms with Gasteiger partial charge in [-0.3, -0.25) is 0 Å². The highest BCUT2D eigenvalue weighted by atomic mass is 16.5. The summed E-state index contributed by atoms with van der Waals surface area (Å²) in [5.74, 6) is 2.04. The highest BCUT2D eigenvalue weighted by Gasteiger charge is 2.25. The summed E-state index contributed by atoms with van der Waals surface area (Å²) in [6, 6.07) is 10.2. The lowest BCUT2D eigenvalue weighted by Gasteiger charge is -2.30. The van der Waals surface area contributed by atoms with E-state index >= 15 is 0 Å². The summed E-state index contributed by atoms with van der Waals surface area (Å²) in [6.07, 6.45) is 1.10. The van der Waals surface area contributed by atoms with Gasteiger partial charge >= 0.3 is 0 Å². The topological polar surface area (TPSA) is 56.3 Å². The summed E-state index contributed by atoms with van der Waals surface area (Å²) < 4.78 is 10.3. The van der Waals surface area contributed by atoms with Crippen molar-refractivity contribution in [2.75, 3.05) is 26.1 Å². The Labute approximate surface area is 118 Å². The zero-order valence-electron chi connectivity index (χ0n) is 11.6. The average Bonchev–Trinajstić information content (AvgIpc) is 2.47. The highest BCUT2D eigenvalue weighted by molar-refractivity contribution is 5.42. The van der Waals surface area contributed by atoms with Crippen LogP contribution in [0, 0.1) is 0 Å². The van der Waals surface area contributed by atoms with Crippen LogP contribution in [0.5, 0.6) is 11.8 Å². The standard InChI is InChI=1S/C15H17N3O2/c1-19-13-8-14(20-2)18-15(17-13)16-9-11-7-10-5-3-4-6-12(10)11/h3-6,8,11H,7,9H2,1-2H3,(H,16,17,18). The third-order valence-electron chi connectivity index (χ3n) is 3.57. The molecule has 1 aliphatic rings.